The fraction of sp³-hybridized carbons (Fsp3) is 0.727. The quantitative estimate of drug-likeness (QED) is 0.0969. The van der Waals surface area contributed by atoms with Crippen molar-refractivity contribution in [3.63, 3.8) is 0 Å². The number of cyclic esters (lactones) is 1. The van der Waals surface area contributed by atoms with Gasteiger partial charge in [0.05, 0.1) is 6.61 Å². The van der Waals surface area contributed by atoms with Crippen LogP contribution in [0.1, 0.15) is 110 Å². The van der Waals surface area contributed by atoms with Crippen LogP contribution in [0.3, 0.4) is 0 Å². The molecule has 4 N–H and O–H groups in total. The van der Waals surface area contributed by atoms with E-state index in [4.69, 9.17) is 23.6 Å². The summed E-state index contributed by atoms with van der Waals surface area (Å²) in [7, 11) is -4.94. The maximum absolute atomic E-state index is 12.7. The summed E-state index contributed by atoms with van der Waals surface area (Å²) in [5, 5.41) is 28.9. The summed E-state index contributed by atoms with van der Waals surface area (Å²) in [6.45, 7) is 12.5. The lowest BCUT2D eigenvalue weighted by atomic mass is 9.85. The number of phosphoric acid groups is 1. The molecule has 250 valence electrons. The summed E-state index contributed by atoms with van der Waals surface area (Å²) in [5.41, 5.74) is 1.26. The first kappa shape index (κ1) is 36.2. The molecule has 6 atom stereocenters. The van der Waals surface area contributed by atoms with Crippen LogP contribution in [0.5, 0.6) is 11.5 Å². The molecule has 0 fully saturated rings. The molecule has 0 bridgehead atoms. The van der Waals surface area contributed by atoms with Crippen molar-refractivity contribution in [3.8, 4) is 11.5 Å². The van der Waals surface area contributed by atoms with E-state index in [1.54, 1.807) is 12.1 Å². The first-order valence-corrected chi connectivity index (χ1v) is 17.6. The van der Waals surface area contributed by atoms with Gasteiger partial charge in [-0.25, -0.2) is 9.36 Å². The highest BCUT2D eigenvalue weighted by atomic mass is 31.2. The summed E-state index contributed by atoms with van der Waals surface area (Å²) in [6.07, 6.45) is 9.31. The topological polar surface area (TPSA) is 152 Å². The zero-order chi connectivity index (χ0) is 32.7. The molecule has 10 nitrogen and oxygen atoms in total. The maximum atomic E-state index is 12.7. The van der Waals surface area contributed by atoms with Crippen LogP contribution in [-0.2, 0) is 25.0 Å². The molecule has 3 rings (SSSR count). The monoisotopic (exact) mass is 640 g/mol. The number of hydrogen-bond acceptors (Lipinski definition) is 9. The fourth-order valence-corrected chi connectivity index (χ4v) is 6.84. The zero-order valence-electron chi connectivity index (χ0n) is 27.2. The molecule has 0 aromatic heterocycles. The van der Waals surface area contributed by atoms with Gasteiger partial charge in [0.1, 0.15) is 23.2 Å². The number of carbonyl (C=O) groups excluding carboxylic acids is 1. The van der Waals surface area contributed by atoms with E-state index in [1.165, 1.54) is 44.9 Å². The second kappa shape index (κ2) is 15.8. The van der Waals surface area contributed by atoms with Gasteiger partial charge in [-0.3, -0.25) is 4.89 Å². The van der Waals surface area contributed by atoms with E-state index in [9.17, 15) is 24.5 Å². The summed E-state index contributed by atoms with van der Waals surface area (Å²) < 4.78 is 34.0. The van der Waals surface area contributed by atoms with Gasteiger partial charge in [0.15, 0.2) is 11.9 Å². The van der Waals surface area contributed by atoms with Crippen molar-refractivity contribution in [2.45, 2.75) is 130 Å². The van der Waals surface area contributed by atoms with E-state index in [0.717, 1.165) is 48.0 Å². The Morgan fingerprint density at radius 2 is 1.64 bits per heavy atom. The molecular weight excluding hydrogens is 587 g/mol. The normalized spacial score (nSPS) is 23.4. The van der Waals surface area contributed by atoms with Crippen molar-refractivity contribution >= 4 is 13.8 Å². The van der Waals surface area contributed by atoms with Gasteiger partial charge in [-0.2, -0.15) is 0 Å². The summed E-state index contributed by atoms with van der Waals surface area (Å²) in [5.74, 6) is -0.0596. The minimum Gasteiger partial charge on any atom is -0.505 e. The standard InChI is InChI=1S/C33H53O10P/c1-21(2)10-7-11-22(3)12-8-13-23(4)14-9-16-33(6)17-15-25-19-26(18-24(5)29(25)41-33)42-44(38,39)43-31-28(36)30(27(35)20-34)40-32(31)37/h18-19,21-23,27,30,34-36H,7-17,20H2,1-6H3,(H,38,39). The van der Waals surface area contributed by atoms with E-state index in [0.29, 0.717) is 12.3 Å². The first-order valence-electron chi connectivity index (χ1n) is 16.1. The minimum atomic E-state index is -4.94. The number of ether oxygens (including phenoxy) is 2. The molecule has 2 aliphatic heterocycles. The highest BCUT2D eigenvalue weighted by molar-refractivity contribution is 7.48. The van der Waals surface area contributed by atoms with Crippen LogP contribution in [0.4, 0.5) is 0 Å². The van der Waals surface area contributed by atoms with Gasteiger partial charge in [-0.1, -0.05) is 72.6 Å². The molecule has 1 aromatic rings. The van der Waals surface area contributed by atoms with Crippen LogP contribution in [0.25, 0.3) is 0 Å². The Hall–Kier alpha value is -2.26. The largest absolute Gasteiger partial charge is 0.585 e. The van der Waals surface area contributed by atoms with Crippen LogP contribution in [0.2, 0.25) is 0 Å². The molecule has 0 amide bonds. The Morgan fingerprint density at radius 1 is 1.02 bits per heavy atom. The number of hydrogen-bond donors (Lipinski definition) is 4. The Balaban J connectivity index is 1.50. The Bertz CT molecular complexity index is 1200. The zero-order valence-corrected chi connectivity index (χ0v) is 28.1. The van der Waals surface area contributed by atoms with E-state index < -0.39 is 44.1 Å². The van der Waals surface area contributed by atoms with Crippen LogP contribution < -0.4 is 9.26 Å². The van der Waals surface area contributed by atoms with Crippen LogP contribution in [0.15, 0.2) is 23.7 Å². The molecule has 0 spiro atoms. The molecule has 0 aliphatic carbocycles. The predicted octanol–water partition coefficient (Wildman–Crippen LogP) is 7.06. The Labute approximate surface area is 262 Å². The average molecular weight is 641 g/mol. The van der Waals surface area contributed by atoms with Crippen molar-refractivity contribution in [1.29, 1.82) is 0 Å². The van der Waals surface area contributed by atoms with Crippen molar-refractivity contribution < 1.29 is 48.1 Å². The molecule has 0 radical (unpaired) electrons. The average Bonchev–Trinajstić information content (AvgIpc) is 3.20. The lowest BCUT2D eigenvalue weighted by Crippen LogP contribution is -2.36. The molecule has 2 aliphatic rings. The number of aliphatic hydroxyl groups excluding tert-OH is 3. The molecule has 0 saturated carbocycles. The number of carbonyl (C=O) groups is 1. The fourth-order valence-electron chi connectivity index (χ4n) is 6.04. The van der Waals surface area contributed by atoms with Crippen molar-refractivity contribution in [2.75, 3.05) is 6.61 Å². The Morgan fingerprint density at radius 3 is 2.25 bits per heavy atom. The lowest BCUT2D eigenvalue weighted by Gasteiger charge is -2.37. The number of aliphatic hydroxyl groups is 3. The van der Waals surface area contributed by atoms with E-state index in [2.05, 4.69) is 34.6 Å². The molecule has 0 saturated heterocycles. The van der Waals surface area contributed by atoms with Crippen LogP contribution in [0, 0.1) is 24.7 Å². The third-order valence-corrected chi connectivity index (χ3v) is 9.61. The van der Waals surface area contributed by atoms with Gasteiger partial charge in [0, 0.05) is 0 Å². The lowest BCUT2D eigenvalue weighted by molar-refractivity contribution is -0.147. The third kappa shape index (κ3) is 10.4. The highest BCUT2D eigenvalue weighted by Crippen LogP contribution is 2.49. The van der Waals surface area contributed by atoms with Gasteiger partial charge in [-0.15, -0.1) is 0 Å². The van der Waals surface area contributed by atoms with Gasteiger partial charge in [0.2, 0.25) is 0 Å². The van der Waals surface area contributed by atoms with Gasteiger partial charge >= 0.3 is 13.8 Å². The number of benzene rings is 1. The second-order valence-corrected chi connectivity index (χ2v) is 14.9. The summed E-state index contributed by atoms with van der Waals surface area (Å²) in [6, 6.07) is 3.17. The SMILES string of the molecule is Cc1cc(OP(=O)(O)OC2=C(O)C(C(O)CO)OC2=O)cc2c1OC(C)(CCCC(C)CCCC(C)CCCC(C)C)CC2. The third-order valence-electron chi connectivity index (χ3n) is 8.76. The van der Waals surface area contributed by atoms with Crippen molar-refractivity contribution in [3.05, 3.63) is 34.8 Å². The number of fused-ring (bicyclic) bond motifs is 1. The number of esters is 1. The van der Waals surface area contributed by atoms with Gasteiger partial charge < -0.3 is 33.8 Å². The second-order valence-electron chi connectivity index (χ2n) is 13.6. The molecule has 11 heteroatoms. The molecule has 1 aromatic carbocycles. The van der Waals surface area contributed by atoms with E-state index >= 15 is 0 Å². The predicted molar refractivity (Wildman–Crippen MR) is 167 cm³/mol. The first-order chi connectivity index (χ1) is 20.6. The number of rotatable bonds is 18. The molecule has 2 heterocycles. The number of aryl methyl sites for hydroxylation is 2. The smallest absolute Gasteiger partial charge is 0.505 e. The summed E-state index contributed by atoms with van der Waals surface area (Å²) in [4.78, 5) is 22.3. The molecular formula is C33H53O10P. The molecule has 6 unspecified atom stereocenters. The van der Waals surface area contributed by atoms with Crippen molar-refractivity contribution in [1.82, 2.24) is 0 Å². The highest BCUT2D eigenvalue weighted by Gasteiger charge is 2.44. The minimum absolute atomic E-state index is 0.0424. The van der Waals surface area contributed by atoms with E-state index in [-0.39, 0.29) is 11.4 Å². The van der Waals surface area contributed by atoms with Crippen molar-refractivity contribution in [2.24, 2.45) is 17.8 Å². The van der Waals surface area contributed by atoms with Gasteiger partial charge in [0.25, 0.3) is 5.76 Å². The van der Waals surface area contributed by atoms with Crippen LogP contribution >= 0.6 is 7.82 Å². The van der Waals surface area contributed by atoms with Gasteiger partial charge in [-0.05, 0) is 80.5 Å². The summed E-state index contributed by atoms with van der Waals surface area (Å²) >= 11 is 0. The van der Waals surface area contributed by atoms with Crippen LogP contribution in [-0.4, -0.2) is 50.6 Å². The maximum Gasteiger partial charge on any atom is 0.585 e. The van der Waals surface area contributed by atoms with E-state index in [1.807, 2.05) is 6.92 Å². The molecule has 44 heavy (non-hydrogen) atoms. The number of phosphoric ester groups is 1. The Kier molecular flexibility index (Phi) is 13.0.